The molecule has 0 aliphatic rings. The number of aryl methyl sites for hydroxylation is 1. The Balaban J connectivity index is 1.85. The summed E-state index contributed by atoms with van der Waals surface area (Å²) in [6.45, 7) is 1.87. The molecule has 7 heteroatoms. The smallest absolute Gasteiger partial charge is 0.240 e. The van der Waals surface area contributed by atoms with E-state index >= 15 is 0 Å². The summed E-state index contributed by atoms with van der Waals surface area (Å²) in [7, 11) is -3.62. The number of rotatable bonds is 6. The first-order valence-corrected chi connectivity index (χ1v) is 8.75. The molecule has 2 rings (SSSR count). The van der Waals surface area contributed by atoms with E-state index in [1.54, 1.807) is 36.4 Å². The lowest BCUT2D eigenvalue weighted by Gasteiger charge is -2.08. The molecular formula is C17H17N3O3S. The molecule has 24 heavy (non-hydrogen) atoms. The number of benzene rings is 2. The molecule has 2 N–H and O–H groups in total. The number of hydrogen-bond acceptors (Lipinski definition) is 4. The Morgan fingerprint density at radius 3 is 2.29 bits per heavy atom. The zero-order chi connectivity index (χ0) is 17.6. The van der Waals surface area contributed by atoms with Crippen molar-refractivity contribution in [1.29, 1.82) is 5.26 Å². The van der Waals surface area contributed by atoms with Gasteiger partial charge in [-0.1, -0.05) is 17.7 Å². The molecule has 0 bridgehead atoms. The second kappa shape index (κ2) is 7.73. The van der Waals surface area contributed by atoms with Crippen molar-refractivity contribution >= 4 is 21.6 Å². The molecule has 2 aromatic rings. The number of nitrogens with zero attached hydrogens (tertiary/aromatic N) is 1. The minimum Gasteiger partial charge on any atom is -0.326 e. The minimum absolute atomic E-state index is 0.00166. The van der Waals surface area contributed by atoms with Gasteiger partial charge in [0.2, 0.25) is 15.9 Å². The summed E-state index contributed by atoms with van der Waals surface area (Å²) in [6.07, 6.45) is 0.00505. The standard InChI is InChI=1S/C17H17N3O3S/c1-13-2-8-16(9-3-13)24(22,23)19-11-10-17(21)20-15-6-4-14(12-18)5-7-15/h2-9,19H,10-11H2,1H3,(H,20,21). The van der Waals surface area contributed by atoms with Gasteiger partial charge in [-0.2, -0.15) is 5.26 Å². The molecular weight excluding hydrogens is 326 g/mol. The number of sulfonamides is 1. The maximum absolute atomic E-state index is 12.1. The number of carbonyl (C=O) groups excluding carboxylic acids is 1. The van der Waals surface area contributed by atoms with Crippen LogP contribution in [-0.2, 0) is 14.8 Å². The number of carbonyl (C=O) groups is 1. The molecule has 0 spiro atoms. The normalized spacial score (nSPS) is 10.8. The zero-order valence-electron chi connectivity index (χ0n) is 13.1. The Morgan fingerprint density at radius 1 is 1.08 bits per heavy atom. The average Bonchev–Trinajstić information content (AvgIpc) is 2.56. The van der Waals surface area contributed by atoms with E-state index in [9.17, 15) is 13.2 Å². The minimum atomic E-state index is -3.62. The van der Waals surface area contributed by atoms with Crippen molar-refractivity contribution in [2.24, 2.45) is 0 Å². The Labute approximate surface area is 141 Å². The van der Waals surface area contributed by atoms with Crippen LogP contribution in [0.3, 0.4) is 0 Å². The van der Waals surface area contributed by atoms with Crippen LogP contribution in [0.2, 0.25) is 0 Å². The maximum Gasteiger partial charge on any atom is 0.240 e. The van der Waals surface area contributed by atoms with E-state index in [-0.39, 0.29) is 23.8 Å². The molecule has 0 aliphatic carbocycles. The molecule has 0 unspecified atom stereocenters. The number of amides is 1. The van der Waals surface area contributed by atoms with Gasteiger partial charge in [-0.05, 0) is 43.3 Å². The van der Waals surface area contributed by atoms with Gasteiger partial charge in [-0.25, -0.2) is 13.1 Å². The Morgan fingerprint density at radius 2 is 1.71 bits per heavy atom. The fourth-order valence-electron chi connectivity index (χ4n) is 1.95. The molecule has 124 valence electrons. The van der Waals surface area contributed by atoms with Crippen LogP contribution in [0.15, 0.2) is 53.4 Å². The summed E-state index contributed by atoms with van der Waals surface area (Å²) in [6, 6.07) is 14.9. The summed E-state index contributed by atoms with van der Waals surface area (Å²) in [5.74, 6) is -0.314. The zero-order valence-corrected chi connectivity index (χ0v) is 13.9. The first-order valence-electron chi connectivity index (χ1n) is 7.27. The van der Waals surface area contributed by atoms with Crippen LogP contribution >= 0.6 is 0 Å². The van der Waals surface area contributed by atoms with Crippen molar-refractivity contribution in [2.75, 3.05) is 11.9 Å². The molecule has 0 aromatic heterocycles. The lowest BCUT2D eigenvalue weighted by molar-refractivity contribution is -0.116. The summed E-state index contributed by atoms with van der Waals surface area (Å²) in [4.78, 5) is 12.0. The second-order valence-electron chi connectivity index (χ2n) is 5.20. The van der Waals surface area contributed by atoms with E-state index in [2.05, 4.69) is 10.0 Å². The third kappa shape index (κ3) is 4.91. The van der Waals surface area contributed by atoms with Gasteiger partial charge in [0, 0.05) is 18.7 Å². The molecule has 0 radical (unpaired) electrons. The molecule has 6 nitrogen and oxygen atoms in total. The Bertz CT molecular complexity index is 851. The van der Waals surface area contributed by atoms with E-state index in [1.165, 1.54) is 12.1 Å². The molecule has 2 aromatic carbocycles. The van der Waals surface area contributed by atoms with Gasteiger partial charge < -0.3 is 5.32 Å². The number of nitrogens with one attached hydrogen (secondary N) is 2. The van der Waals surface area contributed by atoms with Crippen LogP contribution in [0.1, 0.15) is 17.5 Å². The average molecular weight is 343 g/mol. The monoisotopic (exact) mass is 343 g/mol. The molecule has 0 fully saturated rings. The second-order valence-corrected chi connectivity index (χ2v) is 6.97. The lowest BCUT2D eigenvalue weighted by Crippen LogP contribution is -2.27. The molecule has 0 atom stereocenters. The molecule has 0 heterocycles. The van der Waals surface area contributed by atoms with Gasteiger partial charge in [0.1, 0.15) is 0 Å². The van der Waals surface area contributed by atoms with Gasteiger partial charge in [0.25, 0.3) is 0 Å². The van der Waals surface area contributed by atoms with Crippen molar-refractivity contribution in [2.45, 2.75) is 18.2 Å². The van der Waals surface area contributed by atoms with Gasteiger partial charge in [0.15, 0.2) is 0 Å². The van der Waals surface area contributed by atoms with Crippen molar-refractivity contribution < 1.29 is 13.2 Å². The van der Waals surface area contributed by atoms with Crippen LogP contribution in [0.5, 0.6) is 0 Å². The fourth-order valence-corrected chi connectivity index (χ4v) is 2.98. The Hall–Kier alpha value is -2.69. The largest absolute Gasteiger partial charge is 0.326 e. The van der Waals surface area contributed by atoms with Crippen LogP contribution in [0, 0.1) is 18.3 Å². The highest BCUT2D eigenvalue weighted by molar-refractivity contribution is 7.89. The summed E-state index contributed by atoms with van der Waals surface area (Å²) in [5.41, 5.74) is 2.02. The van der Waals surface area contributed by atoms with Gasteiger partial charge in [0.05, 0.1) is 16.5 Å². The quantitative estimate of drug-likeness (QED) is 0.839. The topological polar surface area (TPSA) is 99.1 Å². The van der Waals surface area contributed by atoms with Crippen LogP contribution in [-0.4, -0.2) is 20.9 Å². The summed E-state index contributed by atoms with van der Waals surface area (Å²) in [5, 5.41) is 11.4. The van der Waals surface area contributed by atoms with E-state index in [0.29, 0.717) is 11.3 Å². The number of nitriles is 1. The number of anilines is 1. The summed E-state index contributed by atoms with van der Waals surface area (Å²) >= 11 is 0. The third-order valence-electron chi connectivity index (χ3n) is 3.27. The van der Waals surface area contributed by atoms with Crippen LogP contribution < -0.4 is 10.0 Å². The highest BCUT2D eigenvalue weighted by atomic mass is 32.2. The fraction of sp³-hybridized carbons (Fsp3) is 0.176. The third-order valence-corrected chi connectivity index (χ3v) is 4.75. The van der Waals surface area contributed by atoms with Crippen LogP contribution in [0.4, 0.5) is 5.69 Å². The Kier molecular flexibility index (Phi) is 5.68. The van der Waals surface area contributed by atoms with E-state index in [1.807, 2.05) is 13.0 Å². The molecule has 1 amide bonds. The predicted molar refractivity (Wildman–Crippen MR) is 90.8 cm³/mol. The molecule has 0 aliphatic heterocycles. The highest BCUT2D eigenvalue weighted by Gasteiger charge is 2.13. The van der Waals surface area contributed by atoms with Crippen molar-refractivity contribution in [3.8, 4) is 6.07 Å². The van der Waals surface area contributed by atoms with E-state index in [4.69, 9.17) is 5.26 Å². The molecule has 0 saturated carbocycles. The predicted octanol–water partition coefficient (Wildman–Crippen LogP) is 2.17. The van der Waals surface area contributed by atoms with Gasteiger partial charge >= 0.3 is 0 Å². The molecule has 0 saturated heterocycles. The van der Waals surface area contributed by atoms with Crippen molar-refractivity contribution in [3.05, 3.63) is 59.7 Å². The lowest BCUT2D eigenvalue weighted by atomic mass is 10.2. The summed E-state index contributed by atoms with van der Waals surface area (Å²) < 4.78 is 26.6. The highest BCUT2D eigenvalue weighted by Crippen LogP contribution is 2.11. The van der Waals surface area contributed by atoms with Gasteiger partial charge in [-0.15, -0.1) is 0 Å². The van der Waals surface area contributed by atoms with Crippen LogP contribution in [0.25, 0.3) is 0 Å². The SMILES string of the molecule is Cc1ccc(S(=O)(=O)NCCC(=O)Nc2ccc(C#N)cc2)cc1. The van der Waals surface area contributed by atoms with Crippen molar-refractivity contribution in [1.82, 2.24) is 4.72 Å². The maximum atomic E-state index is 12.1. The number of hydrogen-bond donors (Lipinski definition) is 2. The van der Waals surface area contributed by atoms with Gasteiger partial charge in [-0.3, -0.25) is 4.79 Å². The first-order chi connectivity index (χ1) is 11.4. The van der Waals surface area contributed by atoms with E-state index < -0.39 is 10.0 Å². The van der Waals surface area contributed by atoms with Crippen molar-refractivity contribution in [3.63, 3.8) is 0 Å². The van der Waals surface area contributed by atoms with E-state index in [0.717, 1.165) is 5.56 Å². The first kappa shape index (κ1) is 17.7.